The molecule has 0 atom stereocenters. The molecular weight excluding hydrogens is 352 g/mol. The van der Waals surface area contributed by atoms with Crippen molar-refractivity contribution in [3.63, 3.8) is 0 Å². The van der Waals surface area contributed by atoms with Crippen LogP contribution in [0, 0.1) is 5.92 Å². The molecule has 0 radical (unpaired) electrons. The Morgan fingerprint density at radius 3 is 2.39 bits per heavy atom. The minimum Gasteiger partial charge on any atom is -0.399 e. The number of hydrogen-bond acceptors (Lipinski definition) is 4. The van der Waals surface area contributed by atoms with Crippen molar-refractivity contribution >= 4 is 28.9 Å². The molecule has 2 aromatic carbocycles. The lowest BCUT2D eigenvalue weighted by Gasteiger charge is -2.20. The summed E-state index contributed by atoms with van der Waals surface area (Å²) in [7, 11) is 0. The number of amides is 2. The monoisotopic (exact) mass is 378 g/mol. The lowest BCUT2D eigenvalue weighted by Crippen LogP contribution is -2.24. The molecule has 1 saturated carbocycles. The first-order valence-electron chi connectivity index (χ1n) is 9.64. The Labute approximate surface area is 165 Å². The predicted octanol–water partition coefficient (Wildman–Crippen LogP) is 3.94. The van der Waals surface area contributed by atoms with Gasteiger partial charge in [-0.2, -0.15) is 5.10 Å². The van der Waals surface area contributed by atoms with Crippen LogP contribution < -0.4 is 16.5 Å². The second-order valence-electron chi connectivity index (χ2n) is 7.17. The van der Waals surface area contributed by atoms with Gasteiger partial charge in [-0.25, -0.2) is 5.43 Å². The second-order valence-corrected chi connectivity index (χ2v) is 7.17. The van der Waals surface area contributed by atoms with Gasteiger partial charge in [0, 0.05) is 22.9 Å². The standard InChI is InChI=1S/C22H26N4O2/c1-15(18-8-5-9-19(23)14-18)25-26-22(28)17-10-12-20(13-11-17)24-21(27)16-6-3-2-4-7-16/h5,8-14,16H,2-4,6-7,23H2,1H3,(H,24,27)(H,26,28). The zero-order valence-corrected chi connectivity index (χ0v) is 16.1. The molecule has 0 saturated heterocycles. The molecule has 4 N–H and O–H groups in total. The normalized spacial score (nSPS) is 15.1. The highest BCUT2D eigenvalue weighted by atomic mass is 16.2. The quantitative estimate of drug-likeness (QED) is 0.418. The van der Waals surface area contributed by atoms with Crippen LogP contribution in [0.25, 0.3) is 0 Å². The Morgan fingerprint density at radius 2 is 1.71 bits per heavy atom. The molecule has 0 spiro atoms. The summed E-state index contributed by atoms with van der Waals surface area (Å²) in [5, 5.41) is 7.08. The minimum absolute atomic E-state index is 0.0688. The highest BCUT2D eigenvalue weighted by Crippen LogP contribution is 2.25. The number of nitrogen functional groups attached to an aromatic ring is 1. The molecule has 2 amide bonds. The largest absolute Gasteiger partial charge is 0.399 e. The maximum atomic E-state index is 12.3. The highest BCUT2D eigenvalue weighted by Gasteiger charge is 2.21. The third kappa shape index (κ3) is 5.19. The summed E-state index contributed by atoms with van der Waals surface area (Å²) in [5.41, 5.74) is 11.6. The first-order valence-corrected chi connectivity index (χ1v) is 9.64. The highest BCUT2D eigenvalue weighted by molar-refractivity contribution is 6.01. The van der Waals surface area contributed by atoms with E-state index >= 15 is 0 Å². The molecule has 6 heteroatoms. The first-order chi connectivity index (χ1) is 13.5. The average Bonchev–Trinajstić information content (AvgIpc) is 2.73. The van der Waals surface area contributed by atoms with E-state index in [4.69, 9.17) is 5.73 Å². The van der Waals surface area contributed by atoms with Gasteiger partial charge in [-0.15, -0.1) is 0 Å². The zero-order chi connectivity index (χ0) is 19.9. The molecule has 0 bridgehead atoms. The molecule has 0 aromatic heterocycles. The van der Waals surface area contributed by atoms with Crippen molar-refractivity contribution in [2.24, 2.45) is 11.0 Å². The van der Waals surface area contributed by atoms with Gasteiger partial charge in [0.1, 0.15) is 0 Å². The number of hydrogen-bond donors (Lipinski definition) is 3. The van der Waals surface area contributed by atoms with E-state index in [9.17, 15) is 9.59 Å². The van der Waals surface area contributed by atoms with Gasteiger partial charge in [0.05, 0.1) is 5.71 Å². The molecule has 28 heavy (non-hydrogen) atoms. The third-order valence-corrected chi connectivity index (χ3v) is 5.02. The van der Waals surface area contributed by atoms with E-state index in [0.29, 0.717) is 22.6 Å². The lowest BCUT2D eigenvalue weighted by atomic mass is 9.88. The number of nitrogens with two attached hydrogens (primary N) is 1. The minimum atomic E-state index is -0.312. The van der Waals surface area contributed by atoms with Crippen molar-refractivity contribution in [3.05, 3.63) is 59.7 Å². The molecule has 0 aliphatic heterocycles. The number of nitrogens with one attached hydrogen (secondary N) is 2. The van der Waals surface area contributed by atoms with Crippen LogP contribution in [0.1, 0.15) is 54.9 Å². The summed E-state index contributed by atoms with van der Waals surface area (Å²) in [6.07, 6.45) is 5.36. The number of rotatable bonds is 5. The van der Waals surface area contributed by atoms with Crippen LogP contribution in [0.3, 0.4) is 0 Å². The van der Waals surface area contributed by atoms with Gasteiger partial charge >= 0.3 is 0 Å². The van der Waals surface area contributed by atoms with Crippen molar-refractivity contribution in [2.75, 3.05) is 11.1 Å². The predicted molar refractivity (Wildman–Crippen MR) is 112 cm³/mol. The Morgan fingerprint density at radius 1 is 1.00 bits per heavy atom. The van der Waals surface area contributed by atoms with E-state index in [1.807, 2.05) is 12.1 Å². The Hall–Kier alpha value is -3.15. The van der Waals surface area contributed by atoms with Gasteiger partial charge in [0.15, 0.2) is 0 Å². The smallest absolute Gasteiger partial charge is 0.271 e. The summed E-state index contributed by atoms with van der Waals surface area (Å²) in [6, 6.07) is 14.2. The number of benzene rings is 2. The molecular formula is C22H26N4O2. The molecule has 0 unspecified atom stereocenters. The summed E-state index contributed by atoms with van der Waals surface area (Å²) < 4.78 is 0. The maximum absolute atomic E-state index is 12.3. The number of carbonyl (C=O) groups excluding carboxylic acids is 2. The van der Waals surface area contributed by atoms with Crippen LogP contribution in [-0.4, -0.2) is 17.5 Å². The second kappa shape index (κ2) is 9.17. The Bertz CT molecular complexity index is 868. The van der Waals surface area contributed by atoms with E-state index in [1.165, 1.54) is 6.42 Å². The maximum Gasteiger partial charge on any atom is 0.271 e. The Balaban J connectivity index is 1.57. The lowest BCUT2D eigenvalue weighted by molar-refractivity contribution is -0.120. The van der Waals surface area contributed by atoms with E-state index in [0.717, 1.165) is 31.2 Å². The molecule has 6 nitrogen and oxygen atoms in total. The van der Waals surface area contributed by atoms with Gasteiger partial charge < -0.3 is 11.1 Å². The first kappa shape index (κ1) is 19.6. The number of anilines is 2. The topological polar surface area (TPSA) is 96.6 Å². The van der Waals surface area contributed by atoms with Gasteiger partial charge in [-0.1, -0.05) is 31.4 Å². The van der Waals surface area contributed by atoms with Crippen molar-refractivity contribution in [2.45, 2.75) is 39.0 Å². The number of carbonyl (C=O) groups is 2. The van der Waals surface area contributed by atoms with Gasteiger partial charge in [-0.05, 0) is 61.7 Å². The van der Waals surface area contributed by atoms with Crippen LogP contribution in [0.15, 0.2) is 53.6 Å². The molecule has 3 rings (SSSR count). The zero-order valence-electron chi connectivity index (χ0n) is 16.1. The van der Waals surface area contributed by atoms with Gasteiger partial charge in [0.2, 0.25) is 5.91 Å². The fourth-order valence-corrected chi connectivity index (χ4v) is 3.34. The van der Waals surface area contributed by atoms with E-state index < -0.39 is 0 Å². The van der Waals surface area contributed by atoms with Gasteiger partial charge in [-0.3, -0.25) is 9.59 Å². The third-order valence-electron chi connectivity index (χ3n) is 5.02. The van der Waals surface area contributed by atoms with Crippen LogP contribution >= 0.6 is 0 Å². The molecule has 1 aliphatic carbocycles. The van der Waals surface area contributed by atoms with Crippen LogP contribution in [0.4, 0.5) is 11.4 Å². The Kier molecular flexibility index (Phi) is 6.42. The van der Waals surface area contributed by atoms with Crippen LogP contribution in [-0.2, 0) is 4.79 Å². The number of hydrazone groups is 1. The summed E-state index contributed by atoms with van der Waals surface area (Å²) in [4.78, 5) is 24.6. The van der Waals surface area contributed by atoms with Crippen molar-refractivity contribution < 1.29 is 9.59 Å². The molecule has 1 fully saturated rings. The van der Waals surface area contributed by atoms with E-state index in [-0.39, 0.29) is 17.7 Å². The van der Waals surface area contributed by atoms with Gasteiger partial charge in [0.25, 0.3) is 5.91 Å². The number of nitrogens with zero attached hydrogens (tertiary/aromatic N) is 1. The van der Waals surface area contributed by atoms with Crippen LogP contribution in [0.2, 0.25) is 0 Å². The van der Waals surface area contributed by atoms with Crippen molar-refractivity contribution in [1.29, 1.82) is 0 Å². The molecule has 2 aromatic rings. The van der Waals surface area contributed by atoms with Crippen molar-refractivity contribution in [1.82, 2.24) is 5.43 Å². The summed E-state index contributed by atoms with van der Waals surface area (Å²) in [6.45, 7) is 1.80. The fourth-order valence-electron chi connectivity index (χ4n) is 3.34. The van der Waals surface area contributed by atoms with E-state index in [2.05, 4.69) is 15.8 Å². The molecule has 146 valence electrons. The average molecular weight is 378 g/mol. The summed E-state index contributed by atoms with van der Waals surface area (Å²) >= 11 is 0. The fraction of sp³-hybridized carbons (Fsp3) is 0.318. The van der Waals surface area contributed by atoms with E-state index in [1.54, 1.807) is 43.3 Å². The SMILES string of the molecule is CC(=NNC(=O)c1ccc(NC(=O)C2CCCCC2)cc1)c1cccc(N)c1. The molecule has 0 heterocycles. The molecule has 1 aliphatic rings. The van der Waals surface area contributed by atoms with Crippen LogP contribution in [0.5, 0.6) is 0 Å². The van der Waals surface area contributed by atoms with Crippen molar-refractivity contribution in [3.8, 4) is 0 Å². The summed E-state index contributed by atoms with van der Waals surface area (Å²) in [5.74, 6) is -0.145.